The van der Waals surface area contributed by atoms with Crippen molar-refractivity contribution in [3.63, 3.8) is 0 Å². The van der Waals surface area contributed by atoms with Gasteiger partial charge < -0.3 is 0 Å². The highest BCUT2D eigenvalue weighted by Gasteiger charge is 2.16. The molecule has 0 aromatic heterocycles. The van der Waals surface area contributed by atoms with Gasteiger partial charge in [0.1, 0.15) is 0 Å². The molecule has 0 aliphatic heterocycles. The molecule has 0 saturated carbocycles. The summed E-state index contributed by atoms with van der Waals surface area (Å²) in [6.07, 6.45) is 0. The Morgan fingerprint density at radius 1 is 1.50 bits per heavy atom. The van der Waals surface area contributed by atoms with Crippen LogP contribution in [0.3, 0.4) is 0 Å². The van der Waals surface area contributed by atoms with Crippen molar-refractivity contribution in [2.24, 2.45) is 0 Å². The Balaban J connectivity index is 4.02. The Morgan fingerprint density at radius 2 is 1.88 bits per heavy atom. The van der Waals surface area contributed by atoms with E-state index in [0.717, 1.165) is 5.55 Å². The Bertz CT molecular complexity index is 114. The zero-order chi connectivity index (χ0) is 6.78. The summed E-state index contributed by atoms with van der Waals surface area (Å²) in [7, 11) is -1.10. The van der Waals surface area contributed by atoms with Crippen LogP contribution in [0.5, 0.6) is 0 Å². The van der Waals surface area contributed by atoms with Crippen LogP contribution in [0.15, 0.2) is 0 Å². The minimum atomic E-state index is -1.10. The van der Waals surface area contributed by atoms with E-state index in [1.165, 1.54) is 0 Å². The Kier molecular flexibility index (Phi) is 2.34. The van der Waals surface area contributed by atoms with E-state index in [1.54, 1.807) is 0 Å². The summed E-state index contributed by atoms with van der Waals surface area (Å²) < 4.78 is 10.4. The molecule has 48 valence electrons. The van der Waals surface area contributed by atoms with Gasteiger partial charge in [-0.05, 0) is 20.8 Å². The van der Waals surface area contributed by atoms with Crippen LogP contribution in [0.25, 0.3) is 0 Å². The highest BCUT2D eigenvalue weighted by molar-refractivity contribution is 7.99. The molecule has 1 N–H and O–H groups in total. The third-order valence-electron chi connectivity index (χ3n) is 0.711. The summed E-state index contributed by atoms with van der Waals surface area (Å²) in [6, 6.07) is 0. The molecule has 0 aromatic rings. The normalized spacial score (nSPS) is 15.4. The molecule has 2 nitrogen and oxygen atoms in total. The van der Waals surface area contributed by atoms with Crippen molar-refractivity contribution in [3.8, 4) is 0 Å². The second-order valence-corrected chi connectivity index (χ2v) is 4.58. The third kappa shape index (κ3) is 2.21. The fraction of sp³-hybridized carbons (Fsp3) is 0.800. The molecular weight excluding hydrogens is 122 g/mol. The molecule has 1 atom stereocenters. The topological polar surface area (TPSA) is 40.9 Å². The van der Waals surface area contributed by atoms with Gasteiger partial charge in [0.05, 0.1) is 16.3 Å². The summed E-state index contributed by atoms with van der Waals surface area (Å²) in [4.78, 5) is 0. The van der Waals surface area contributed by atoms with Crippen molar-refractivity contribution in [2.45, 2.75) is 25.5 Å². The van der Waals surface area contributed by atoms with Gasteiger partial charge in [0.15, 0.2) is 0 Å². The second-order valence-electron chi connectivity index (χ2n) is 2.53. The average Bonchev–Trinajstić information content (AvgIpc) is 1.62. The molecule has 0 fully saturated rings. The van der Waals surface area contributed by atoms with Crippen LogP contribution < -0.4 is 0 Å². The molecule has 0 aliphatic carbocycles. The average molecular weight is 133 g/mol. The van der Waals surface area contributed by atoms with E-state index in [9.17, 15) is 4.21 Å². The summed E-state index contributed by atoms with van der Waals surface area (Å²) >= 11 is 0. The monoisotopic (exact) mass is 133 g/mol. The summed E-state index contributed by atoms with van der Waals surface area (Å²) in [5.41, 5.74) is 0.972. The largest absolute Gasteiger partial charge is 0.299 e. The van der Waals surface area contributed by atoms with Crippen LogP contribution in [0, 0.1) is 5.41 Å². The Labute approximate surface area is 52.3 Å². The van der Waals surface area contributed by atoms with Crippen LogP contribution in [-0.2, 0) is 10.8 Å². The fourth-order valence-corrected chi connectivity index (χ4v) is 0.530. The van der Waals surface area contributed by atoms with Gasteiger partial charge in [0.2, 0.25) is 0 Å². The van der Waals surface area contributed by atoms with E-state index in [1.807, 2.05) is 20.8 Å². The Hall–Kier alpha value is -0.180. The van der Waals surface area contributed by atoms with Crippen molar-refractivity contribution in [1.29, 1.82) is 5.41 Å². The van der Waals surface area contributed by atoms with E-state index in [-0.39, 0.29) is 4.75 Å². The van der Waals surface area contributed by atoms with Gasteiger partial charge >= 0.3 is 0 Å². The van der Waals surface area contributed by atoms with Gasteiger partial charge in [-0.3, -0.25) is 9.62 Å². The number of nitrogens with one attached hydrogen (secondary N) is 1. The van der Waals surface area contributed by atoms with Gasteiger partial charge in [0.25, 0.3) is 0 Å². The first kappa shape index (κ1) is 7.82. The molecule has 0 saturated heterocycles. The van der Waals surface area contributed by atoms with Gasteiger partial charge in [0, 0.05) is 4.75 Å². The molecule has 0 aliphatic rings. The van der Waals surface area contributed by atoms with E-state index >= 15 is 0 Å². The molecule has 0 unspecified atom stereocenters. The quantitative estimate of drug-likeness (QED) is 0.423. The minimum absolute atomic E-state index is 0.262. The lowest BCUT2D eigenvalue weighted by Gasteiger charge is -2.12. The van der Waals surface area contributed by atoms with Crippen molar-refractivity contribution >= 4 is 16.3 Å². The zero-order valence-corrected chi connectivity index (χ0v) is 6.21. The lowest BCUT2D eigenvalue weighted by atomic mass is 10.3. The highest BCUT2D eigenvalue weighted by atomic mass is 32.2. The molecule has 8 heavy (non-hydrogen) atoms. The summed E-state index contributed by atoms with van der Waals surface area (Å²) in [5.74, 6) is 0. The van der Waals surface area contributed by atoms with Gasteiger partial charge in [-0.25, -0.2) is 0 Å². The second kappa shape index (κ2) is 2.40. The van der Waals surface area contributed by atoms with Crippen LogP contribution in [0.1, 0.15) is 20.8 Å². The lowest BCUT2D eigenvalue weighted by molar-refractivity contribution is 0.659. The van der Waals surface area contributed by atoms with Crippen LogP contribution in [0.4, 0.5) is 0 Å². The first-order valence-electron chi connectivity index (χ1n) is 2.40. The molecule has 3 heteroatoms. The molecule has 0 aromatic carbocycles. The van der Waals surface area contributed by atoms with Crippen molar-refractivity contribution in [3.05, 3.63) is 0 Å². The van der Waals surface area contributed by atoms with E-state index in [0.29, 0.717) is 0 Å². The first-order chi connectivity index (χ1) is 3.48. The zero-order valence-electron chi connectivity index (χ0n) is 5.39. The van der Waals surface area contributed by atoms with Gasteiger partial charge in [-0.15, -0.1) is 0 Å². The summed E-state index contributed by atoms with van der Waals surface area (Å²) in [6.45, 7) is 5.52. The SMILES string of the molecule is CC(C)(C)[S@@](=O)C=N. The number of hydrogen-bond donors (Lipinski definition) is 1. The van der Waals surface area contributed by atoms with Crippen molar-refractivity contribution in [1.82, 2.24) is 0 Å². The molecular formula is C5H11NOS. The number of hydrogen-bond acceptors (Lipinski definition) is 2. The predicted octanol–water partition coefficient (Wildman–Crippen LogP) is 1.14. The van der Waals surface area contributed by atoms with E-state index < -0.39 is 10.8 Å². The first-order valence-corrected chi connectivity index (χ1v) is 3.61. The maximum Gasteiger partial charge on any atom is 0.0824 e. The third-order valence-corrected chi connectivity index (χ3v) is 2.13. The maximum absolute atomic E-state index is 10.7. The van der Waals surface area contributed by atoms with Crippen molar-refractivity contribution in [2.75, 3.05) is 0 Å². The van der Waals surface area contributed by atoms with E-state index in [4.69, 9.17) is 5.41 Å². The van der Waals surface area contributed by atoms with Crippen LogP contribution in [0.2, 0.25) is 0 Å². The smallest absolute Gasteiger partial charge is 0.0824 e. The molecule has 0 radical (unpaired) electrons. The molecule has 0 amide bonds. The van der Waals surface area contributed by atoms with Gasteiger partial charge in [-0.2, -0.15) is 0 Å². The summed E-state index contributed by atoms with van der Waals surface area (Å²) in [5, 5.41) is 6.64. The van der Waals surface area contributed by atoms with Crippen LogP contribution in [-0.4, -0.2) is 14.5 Å². The number of rotatable bonds is 1. The van der Waals surface area contributed by atoms with Crippen molar-refractivity contribution < 1.29 is 4.21 Å². The fourth-order valence-electron chi connectivity index (χ4n) is 0.177. The molecule has 0 spiro atoms. The van der Waals surface area contributed by atoms with Gasteiger partial charge in [-0.1, -0.05) is 0 Å². The lowest BCUT2D eigenvalue weighted by Crippen LogP contribution is -2.21. The molecule has 0 bridgehead atoms. The maximum atomic E-state index is 10.7. The standard InChI is InChI=1S/C5H11NOS/c1-5(2,3)8(7)4-6/h4,6H,1-3H3/t8-/m0/s1. The highest BCUT2D eigenvalue weighted by Crippen LogP contribution is 2.07. The molecule has 0 heterocycles. The predicted molar refractivity (Wildman–Crippen MR) is 36.7 cm³/mol. The minimum Gasteiger partial charge on any atom is -0.299 e. The van der Waals surface area contributed by atoms with Crippen LogP contribution >= 0.6 is 0 Å². The molecule has 0 rings (SSSR count). The Morgan fingerprint density at radius 3 is 1.88 bits per heavy atom. The van der Waals surface area contributed by atoms with E-state index in [2.05, 4.69) is 0 Å².